The number of rotatable bonds is 6. The van der Waals surface area contributed by atoms with E-state index in [4.69, 9.17) is 28.0 Å². The average molecular weight is 417 g/mol. The van der Waals surface area contributed by atoms with E-state index in [1.165, 1.54) is 5.56 Å². The number of nitrogens with zero attached hydrogens (tertiary/aromatic N) is 3. The zero-order valence-corrected chi connectivity index (χ0v) is 17.1. The van der Waals surface area contributed by atoms with E-state index in [9.17, 15) is 0 Å². The van der Waals surface area contributed by atoms with Gasteiger partial charge in [0, 0.05) is 54.7 Å². The van der Waals surface area contributed by atoms with Gasteiger partial charge >= 0.3 is 0 Å². The molecule has 3 aromatic rings. The Morgan fingerprint density at radius 3 is 2.43 bits per heavy atom. The molecule has 0 amide bonds. The van der Waals surface area contributed by atoms with Crippen LogP contribution in [-0.2, 0) is 16.9 Å². The van der Waals surface area contributed by atoms with Crippen molar-refractivity contribution in [2.24, 2.45) is 0 Å². The summed E-state index contributed by atoms with van der Waals surface area (Å²) in [6, 6.07) is 15.7. The number of hydrogen-bond donors (Lipinski definition) is 1. The fraction of sp³-hybridized carbons (Fsp3) is 0.286. The second-order valence-corrected chi connectivity index (χ2v) is 7.96. The molecule has 2 heterocycles. The van der Waals surface area contributed by atoms with Crippen molar-refractivity contribution in [3.8, 4) is 0 Å². The van der Waals surface area contributed by atoms with Crippen LogP contribution in [0.3, 0.4) is 0 Å². The molecule has 4 rings (SSSR count). The Labute approximate surface area is 174 Å². The number of likely N-dealkylation sites (N-methyl/N-ethyl adjacent to an activating group) is 1. The van der Waals surface area contributed by atoms with Crippen LogP contribution in [0.5, 0.6) is 0 Å². The number of aromatic nitrogens is 2. The van der Waals surface area contributed by atoms with Crippen molar-refractivity contribution < 1.29 is 4.84 Å². The molecule has 28 heavy (non-hydrogen) atoms. The molecule has 0 aliphatic carbocycles. The van der Waals surface area contributed by atoms with Gasteiger partial charge in [-0.2, -0.15) is 5.06 Å². The van der Waals surface area contributed by atoms with E-state index in [2.05, 4.69) is 27.0 Å². The van der Waals surface area contributed by atoms with Crippen LogP contribution in [0.25, 0.3) is 0 Å². The molecule has 0 spiro atoms. The average Bonchev–Trinajstić information content (AvgIpc) is 3.31. The minimum atomic E-state index is -0.308. The van der Waals surface area contributed by atoms with Crippen LogP contribution < -0.4 is 5.32 Å². The SMILES string of the molecule is CN1OC(CNc2ccc(Cl)cc2)CC1(Cn1ccnc1)c1ccc(Cl)cc1. The van der Waals surface area contributed by atoms with Crippen molar-refractivity contribution in [3.63, 3.8) is 0 Å². The van der Waals surface area contributed by atoms with E-state index in [1.807, 2.05) is 61.0 Å². The van der Waals surface area contributed by atoms with Crippen molar-refractivity contribution in [3.05, 3.63) is 82.9 Å². The van der Waals surface area contributed by atoms with Gasteiger partial charge in [-0.25, -0.2) is 4.98 Å². The lowest BCUT2D eigenvalue weighted by Gasteiger charge is -2.35. The summed E-state index contributed by atoms with van der Waals surface area (Å²) in [5, 5.41) is 6.87. The number of hydroxylamine groups is 2. The van der Waals surface area contributed by atoms with Gasteiger partial charge in [0.05, 0.1) is 18.0 Å². The van der Waals surface area contributed by atoms with Gasteiger partial charge in [0.25, 0.3) is 0 Å². The molecule has 1 aromatic heterocycles. The van der Waals surface area contributed by atoms with E-state index in [0.29, 0.717) is 6.54 Å². The van der Waals surface area contributed by atoms with E-state index < -0.39 is 0 Å². The minimum Gasteiger partial charge on any atom is -0.382 e. The van der Waals surface area contributed by atoms with Crippen LogP contribution in [0.2, 0.25) is 10.0 Å². The predicted molar refractivity (Wildman–Crippen MR) is 113 cm³/mol. The molecule has 1 aliphatic rings. The first-order valence-corrected chi connectivity index (χ1v) is 9.93. The highest BCUT2D eigenvalue weighted by Crippen LogP contribution is 2.41. The smallest absolute Gasteiger partial charge is 0.0987 e. The highest BCUT2D eigenvalue weighted by Gasteiger charge is 2.46. The lowest BCUT2D eigenvalue weighted by molar-refractivity contribution is -0.171. The lowest BCUT2D eigenvalue weighted by Crippen LogP contribution is -2.41. The summed E-state index contributed by atoms with van der Waals surface area (Å²) < 4.78 is 2.09. The summed E-state index contributed by atoms with van der Waals surface area (Å²) in [7, 11) is 1.99. The third kappa shape index (κ3) is 4.03. The Morgan fingerprint density at radius 2 is 1.79 bits per heavy atom. The Hall–Kier alpha value is -2.05. The Balaban J connectivity index is 1.55. The van der Waals surface area contributed by atoms with Gasteiger partial charge in [-0.3, -0.25) is 4.84 Å². The molecule has 5 nitrogen and oxygen atoms in total. The van der Waals surface area contributed by atoms with Gasteiger partial charge in [-0.1, -0.05) is 35.3 Å². The predicted octanol–water partition coefficient (Wildman–Crippen LogP) is 4.83. The van der Waals surface area contributed by atoms with Crippen LogP contribution in [0.15, 0.2) is 67.3 Å². The molecular weight excluding hydrogens is 395 g/mol. The van der Waals surface area contributed by atoms with Crippen LogP contribution >= 0.6 is 23.2 Å². The van der Waals surface area contributed by atoms with Crippen molar-refractivity contribution >= 4 is 28.9 Å². The zero-order valence-electron chi connectivity index (χ0n) is 15.6. The Morgan fingerprint density at radius 1 is 1.11 bits per heavy atom. The zero-order chi connectivity index (χ0) is 19.6. The molecule has 2 atom stereocenters. The molecular formula is C21H22Cl2N4O. The molecule has 0 bridgehead atoms. The number of anilines is 1. The van der Waals surface area contributed by atoms with Gasteiger partial charge in [-0.05, 0) is 42.0 Å². The van der Waals surface area contributed by atoms with Crippen LogP contribution in [0.1, 0.15) is 12.0 Å². The molecule has 7 heteroatoms. The monoisotopic (exact) mass is 416 g/mol. The van der Waals surface area contributed by atoms with E-state index >= 15 is 0 Å². The molecule has 2 unspecified atom stereocenters. The van der Waals surface area contributed by atoms with Crippen molar-refractivity contribution in [1.29, 1.82) is 0 Å². The maximum Gasteiger partial charge on any atom is 0.0987 e. The third-order valence-corrected chi connectivity index (χ3v) is 5.74. The van der Waals surface area contributed by atoms with E-state index in [0.717, 1.165) is 28.7 Å². The fourth-order valence-corrected chi connectivity index (χ4v) is 4.03. The number of nitrogens with one attached hydrogen (secondary N) is 1. The van der Waals surface area contributed by atoms with Crippen LogP contribution in [0, 0.1) is 0 Å². The number of hydrogen-bond acceptors (Lipinski definition) is 4. The summed E-state index contributed by atoms with van der Waals surface area (Å²) in [4.78, 5) is 10.4. The van der Waals surface area contributed by atoms with E-state index in [1.54, 1.807) is 6.20 Å². The first-order valence-electron chi connectivity index (χ1n) is 9.17. The molecule has 2 aromatic carbocycles. The van der Waals surface area contributed by atoms with Gasteiger partial charge in [0.1, 0.15) is 0 Å². The summed E-state index contributed by atoms with van der Waals surface area (Å²) in [6.07, 6.45) is 6.48. The number of imidazole rings is 1. The maximum atomic E-state index is 6.23. The Kier molecular flexibility index (Phi) is 5.60. The number of benzene rings is 2. The van der Waals surface area contributed by atoms with Gasteiger partial charge in [-0.15, -0.1) is 0 Å². The van der Waals surface area contributed by atoms with E-state index in [-0.39, 0.29) is 11.6 Å². The normalized spacial score (nSPS) is 22.5. The van der Waals surface area contributed by atoms with Crippen LogP contribution in [-0.4, -0.2) is 34.3 Å². The Bertz CT molecular complexity index is 899. The first-order chi connectivity index (χ1) is 13.5. The maximum absolute atomic E-state index is 6.23. The second kappa shape index (κ2) is 8.13. The standard InChI is InChI=1S/C21H22Cl2N4O/c1-26-21(14-27-11-10-24-15-27,16-2-4-17(22)5-3-16)12-20(28-26)13-25-19-8-6-18(23)7-9-19/h2-11,15,20,25H,12-14H2,1H3. The topological polar surface area (TPSA) is 42.3 Å². The highest BCUT2D eigenvalue weighted by molar-refractivity contribution is 6.30. The summed E-state index contributed by atoms with van der Waals surface area (Å²) >= 11 is 12.1. The fourth-order valence-electron chi connectivity index (χ4n) is 3.77. The first kappa shape index (κ1) is 19.3. The van der Waals surface area contributed by atoms with Gasteiger partial charge < -0.3 is 9.88 Å². The molecule has 1 N–H and O–H groups in total. The minimum absolute atomic E-state index is 0.0277. The van der Waals surface area contributed by atoms with Crippen molar-refractivity contribution in [1.82, 2.24) is 14.6 Å². The van der Waals surface area contributed by atoms with Gasteiger partial charge in [0.2, 0.25) is 0 Å². The summed E-state index contributed by atoms with van der Waals surface area (Å²) in [5.41, 5.74) is 1.88. The molecule has 0 radical (unpaired) electrons. The number of halogens is 2. The summed E-state index contributed by atoms with van der Waals surface area (Å²) in [6.45, 7) is 1.44. The quantitative estimate of drug-likeness (QED) is 0.624. The molecule has 146 valence electrons. The van der Waals surface area contributed by atoms with Crippen molar-refractivity contribution in [2.45, 2.75) is 24.6 Å². The molecule has 0 saturated carbocycles. The highest BCUT2D eigenvalue weighted by atomic mass is 35.5. The van der Waals surface area contributed by atoms with Crippen molar-refractivity contribution in [2.75, 3.05) is 18.9 Å². The largest absolute Gasteiger partial charge is 0.382 e. The molecule has 1 saturated heterocycles. The summed E-state index contributed by atoms with van der Waals surface area (Å²) in [5.74, 6) is 0. The molecule has 1 fully saturated rings. The molecule has 1 aliphatic heterocycles. The third-order valence-electron chi connectivity index (χ3n) is 5.24. The van der Waals surface area contributed by atoms with Gasteiger partial charge in [0.15, 0.2) is 0 Å². The lowest BCUT2D eigenvalue weighted by atomic mass is 9.85. The van der Waals surface area contributed by atoms with Crippen LogP contribution in [0.4, 0.5) is 5.69 Å². The second-order valence-electron chi connectivity index (χ2n) is 7.09.